The molecule has 0 amide bonds. The summed E-state index contributed by atoms with van der Waals surface area (Å²) in [5.41, 5.74) is 1.15. The maximum absolute atomic E-state index is 11.6. The van der Waals surface area contributed by atoms with Gasteiger partial charge in [0.2, 0.25) is 0 Å². The first-order chi connectivity index (χ1) is 10.6. The van der Waals surface area contributed by atoms with Crippen molar-refractivity contribution >= 4 is 47.5 Å². The Kier molecular flexibility index (Phi) is 8.68. The topological polar surface area (TPSA) is 53.9 Å². The van der Waals surface area contributed by atoms with E-state index < -0.39 is 0 Å². The van der Waals surface area contributed by atoms with Gasteiger partial charge < -0.3 is 15.0 Å². The number of nitrogens with zero attached hydrogens (tertiary/aromatic N) is 2. The van der Waals surface area contributed by atoms with E-state index in [1.165, 1.54) is 7.11 Å². The number of aliphatic imine (C=N–C) groups is 1. The second kappa shape index (κ2) is 9.97. The number of hydrogen-bond donors (Lipinski definition) is 1. The Hall–Kier alpha value is -1.02. The van der Waals surface area contributed by atoms with Crippen molar-refractivity contribution in [2.24, 2.45) is 10.9 Å². The van der Waals surface area contributed by atoms with Crippen LogP contribution in [0.4, 0.5) is 0 Å². The van der Waals surface area contributed by atoms with Crippen molar-refractivity contribution in [1.82, 2.24) is 10.2 Å². The van der Waals surface area contributed by atoms with Gasteiger partial charge in [0.25, 0.3) is 0 Å². The van der Waals surface area contributed by atoms with E-state index in [0.29, 0.717) is 6.54 Å². The number of rotatable bonds is 3. The largest absolute Gasteiger partial charge is 0.469 e. The Morgan fingerprint density at radius 1 is 1.35 bits per heavy atom. The highest BCUT2D eigenvalue weighted by atomic mass is 127. The number of carbonyl (C=O) groups is 1. The first kappa shape index (κ1) is 20.0. The van der Waals surface area contributed by atoms with Crippen LogP contribution in [0.5, 0.6) is 0 Å². The lowest BCUT2D eigenvalue weighted by Crippen LogP contribution is -2.46. The third-order valence-electron chi connectivity index (χ3n) is 3.90. The maximum Gasteiger partial charge on any atom is 0.308 e. The van der Waals surface area contributed by atoms with Gasteiger partial charge in [0, 0.05) is 31.7 Å². The maximum atomic E-state index is 11.6. The molecule has 0 unspecified atom stereocenters. The molecule has 2 rings (SSSR count). The van der Waals surface area contributed by atoms with Crippen LogP contribution in [0, 0.1) is 5.92 Å². The van der Waals surface area contributed by atoms with Crippen LogP contribution in [0.25, 0.3) is 0 Å². The lowest BCUT2D eigenvalue weighted by atomic mass is 9.97. The van der Waals surface area contributed by atoms with Gasteiger partial charge in [-0.15, -0.1) is 24.0 Å². The number of nitrogens with one attached hydrogen (secondary N) is 1. The van der Waals surface area contributed by atoms with Gasteiger partial charge in [0.15, 0.2) is 5.96 Å². The van der Waals surface area contributed by atoms with Crippen molar-refractivity contribution in [3.63, 3.8) is 0 Å². The summed E-state index contributed by atoms with van der Waals surface area (Å²) in [6, 6.07) is 7.74. The third-order valence-corrected chi connectivity index (χ3v) is 4.16. The molecule has 0 radical (unpaired) electrons. The van der Waals surface area contributed by atoms with Crippen molar-refractivity contribution in [3.05, 3.63) is 34.9 Å². The van der Waals surface area contributed by atoms with Crippen LogP contribution >= 0.6 is 35.6 Å². The predicted octanol–water partition coefficient (Wildman–Crippen LogP) is 2.92. The zero-order valence-corrected chi connectivity index (χ0v) is 16.5. The number of piperidine rings is 1. The Morgan fingerprint density at radius 2 is 1.96 bits per heavy atom. The van der Waals surface area contributed by atoms with Gasteiger partial charge in [-0.25, -0.2) is 0 Å². The summed E-state index contributed by atoms with van der Waals surface area (Å²) in [5, 5.41) is 4.08. The Balaban J connectivity index is 0.00000264. The second-order valence-electron chi connectivity index (χ2n) is 5.31. The van der Waals surface area contributed by atoms with Gasteiger partial charge in [-0.05, 0) is 30.5 Å². The van der Waals surface area contributed by atoms with Crippen molar-refractivity contribution in [2.45, 2.75) is 19.4 Å². The number of hydrogen-bond acceptors (Lipinski definition) is 3. The van der Waals surface area contributed by atoms with Crippen LogP contribution < -0.4 is 5.32 Å². The van der Waals surface area contributed by atoms with E-state index in [9.17, 15) is 4.79 Å². The molecule has 128 valence electrons. The molecule has 0 aromatic heterocycles. The highest BCUT2D eigenvalue weighted by Crippen LogP contribution is 2.18. The summed E-state index contributed by atoms with van der Waals surface area (Å²) in [6.45, 7) is 2.31. The average Bonchev–Trinajstić information content (AvgIpc) is 2.57. The first-order valence-corrected chi connectivity index (χ1v) is 7.79. The molecule has 5 nitrogen and oxygen atoms in total. The minimum Gasteiger partial charge on any atom is -0.469 e. The Labute approximate surface area is 159 Å². The van der Waals surface area contributed by atoms with Crippen LogP contribution in [-0.2, 0) is 16.1 Å². The van der Waals surface area contributed by atoms with Gasteiger partial charge in [0.1, 0.15) is 0 Å². The van der Waals surface area contributed by atoms with Gasteiger partial charge in [-0.1, -0.05) is 23.7 Å². The molecule has 0 atom stereocenters. The molecule has 1 aliphatic rings. The van der Waals surface area contributed by atoms with Crippen LogP contribution in [0.2, 0.25) is 5.02 Å². The molecule has 1 aromatic carbocycles. The van der Waals surface area contributed by atoms with Crippen molar-refractivity contribution in [2.75, 3.05) is 27.2 Å². The fourth-order valence-corrected chi connectivity index (χ4v) is 2.74. The zero-order chi connectivity index (χ0) is 15.9. The van der Waals surface area contributed by atoms with Crippen molar-refractivity contribution in [1.29, 1.82) is 0 Å². The van der Waals surface area contributed by atoms with E-state index in [1.54, 1.807) is 7.05 Å². The number of carbonyl (C=O) groups excluding carboxylic acids is 1. The number of likely N-dealkylation sites (tertiary alicyclic amines) is 1. The molecule has 7 heteroatoms. The van der Waals surface area contributed by atoms with E-state index in [-0.39, 0.29) is 35.9 Å². The molecule has 1 heterocycles. The van der Waals surface area contributed by atoms with E-state index in [0.717, 1.165) is 42.5 Å². The lowest BCUT2D eigenvalue weighted by molar-refractivity contribution is -0.146. The fraction of sp³-hybridized carbons (Fsp3) is 0.500. The molecule has 0 spiro atoms. The number of ether oxygens (including phenoxy) is 1. The van der Waals surface area contributed by atoms with Gasteiger partial charge in [-0.3, -0.25) is 9.79 Å². The van der Waals surface area contributed by atoms with Gasteiger partial charge in [-0.2, -0.15) is 0 Å². The normalized spacial score (nSPS) is 15.8. The lowest BCUT2D eigenvalue weighted by Gasteiger charge is -2.33. The van der Waals surface area contributed by atoms with Crippen molar-refractivity contribution < 1.29 is 9.53 Å². The van der Waals surface area contributed by atoms with Crippen LogP contribution in [-0.4, -0.2) is 44.1 Å². The molecule has 1 aliphatic heterocycles. The molecule has 1 fully saturated rings. The third kappa shape index (κ3) is 5.84. The summed E-state index contributed by atoms with van der Waals surface area (Å²) in [5.74, 6) is 0.762. The highest BCUT2D eigenvalue weighted by molar-refractivity contribution is 14.0. The Morgan fingerprint density at radius 3 is 2.48 bits per heavy atom. The molecule has 0 bridgehead atoms. The second-order valence-corrected chi connectivity index (χ2v) is 5.75. The van der Waals surface area contributed by atoms with Gasteiger partial charge in [0.05, 0.1) is 13.0 Å². The average molecular weight is 452 g/mol. The van der Waals surface area contributed by atoms with E-state index in [1.807, 2.05) is 24.3 Å². The summed E-state index contributed by atoms with van der Waals surface area (Å²) in [4.78, 5) is 18.1. The molecule has 1 saturated heterocycles. The smallest absolute Gasteiger partial charge is 0.308 e. The van der Waals surface area contributed by atoms with Gasteiger partial charge >= 0.3 is 5.97 Å². The summed E-state index contributed by atoms with van der Waals surface area (Å²) < 4.78 is 4.81. The molecule has 1 aromatic rings. The van der Waals surface area contributed by atoms with E-state index >= 15 is 0 Å². The molecular formula is C16H23ClIN3O2. The number of benzene rings is 1. The number of halogens is 2. The summed E-state index contributed by atoms with van der Waals surface area (Å²) in [6.07, 6.45) is 1.60. The number of esters is 1. The molecule has 0 saturated carbocycles. The molecule has 1 N–H and O–H groups in total. The monoisotopic (exact) mass is 451 g/mol. The fourth-order valence-electron chi connectivity index (χ4n) is 2.61. The van der Waals surface area contributed by atoms with Crippen LogP contribution in [0.15, 0.2) is 29.3 Å². The molecule has 23 heavy (non-hydrogen) atoms. The van der Waals surface area contributed by atoms with Crippen LogP contribution in [0.3, 0.4) is 0 Å². The molecule has 0 aliphatic carbocycles. The Bertz CT molecular complexity index is 529. The molecular weight excluding hydrogens is 429 g/mol. The first-order valence-electron chi connectivity index (χ1n) is 7.42. The predicted molar refractivity (Wildman–Crippen MR) is 103 cm³/mol. The number of guanidine groups is 1. The minimum absolute atomic E-state index is 0. The van der Waals surface area contributed by atoms with Crippen molar-refractivity contribution in [3.8, 4) is 0 Å². The SMILES string of the molecule is CN=C(NCc1ccc(Cl)cc1)N1CCC(C(=O)OC)CC1.I. The summed E-state index contributed by atoms with van der Waals surface area (Å²) >= 11 is 5.88. The quantitative estimate of drug-likeness (QED) is 0.332. The number of methoxy groups -OCH3 is 1. The minimum atomic E-state index is -0.108. The standard InChI is InChI=1S/C16H22ClN3O2.HI/c1-18-16(19-11-12-3-5-14(17)6-4-12)20-9-7-13(8-10-20)15(21)22-2;/h3-6,13H,7-11H2,1-2H3,(H,18,19);1H. The van der Waals surface area contributed by atoms with Crippen LogP contribution in [0.1, 0.15) is 18.4 Å². The summed E-state index contributed by atoms with van der Waals surface area (Å²) in [7, 11) is 3.22. The van der Waals surface area contributed by atoms with E-state index in [2.05, 4.69) is 15.2 Å². The van der Waals surface area contributed by atoms with E-state index in [4.69, 9.17) is 16.3 Å². The zero-order valence-electron chi connectivity index (χ0n) is 13.4. The highest BCUT2D eigenvalue weighted by Gasteiger charge is 2.26.